The number of carbonyl (C=O) groups is 1. The summed E-state index contributed by atoms with van der Waals surface area (Å²) in [6.45, 7) is 5.26. The minimum absolute atomic E-state index is 0.413. The number of amides is 1. The predicted octanol–water partition coefficient (Wildman–Crippen LogP) is 1.81. The lowest BCUT2D eigenvalue weighted by Crippen LogP contribution is -2.10. The molecule has 2 N–H and O–H groups in total. The minimum atomic E-state index is -0.413. The summed E-state index contributed by atoms with van der Waals surface area (Å²) >= 11 is 0. The molecular formula is C11H19N3O. The Balaban J connectivity index is 2.47. The number of aromatic nitrogens is 2. The molecule has 1 aromatic rings. The molecule has 0 saturated carbocycles. The van der Waals surface area contributed by atoms with Crippen LogP contribution in [0.4, 0.5) is 0 Å². The first kappa shape index (κ1) is 11.8. The number of hydrogen-bond donors (Lipinski definition) is 1. The summed E-state index contributed by atoms with van der Waals surface area (Å²) in [7, 11) is 0. The summed E-state index contributed by atoms with van der Waals surface area (Å²) in [5.41, 5.74) is 5.63. The molecule has 84 valence electrons. The molecule has 1 heterocycles. The number of primary amides is 1. The summed E-state index contributed by atoms with van der Waals surface area (Å²) in [5, 5.41) is 4.09. The third kappa shape index (κ3) is 3.38. The average Bonchev–Trinajstić information content (AvgIpc) is 2.68. The van der Waals surface area contributed by atoms with Crippen LogP contribution in [-0.2, 0) is 6.54 Å². The van der Waals surface area contributed by atoms with Gasteiger partial charge in [0.05, 0.1) is 11.8 Å². The highest BCUT2D eigenvalue weighted by Gasteiger charge is 2.06. The Morgan fingerprint density at radius 2 is 2.20 bits per heavy atom. The van der Waals surface area contributed by atoms with E-state index in [1.807, 2.05) is 0 Å². The Morgan fingerprint density at radius 3 is 2.67 bits per heavy atom. The van der Waals surface area contributed by atoms with Crippen LogP contribution in [0.25, 0.3) is 0 Å². The number of hydrogen-bond acceptors (Lipinski definition) is 2. The predicted molar refractivity (Wildman–Crippen MR) is 59.4 cm³/mol. The van der Waals surface area contributed by atoms with Crippen LogP contribution in [0.1, 0.15) is 43.5 Å². The van der Waals surface area contributed by atoms with E-state index in [4.69, 9.17) is 5.73 Å². The fourth-order valence-electron chi connectivity index (χ4n) is 1.62. The molecule has 0 aliphatic rings. The molecule has 0 saturated heterocycles. The van der Waals surface area contributed by atoms with Crippen LogP contribution in [-0.4, -0.2) is 15.7 Å². The largest absolute Gasteiger partial charge is 0.366 e. The molecule has 0 fully saturated rings. The van der Waals surface area contributed by atoms with Gasteiger partial charge in [0.15, 0.2) is 0 Å². The quantitative estimate of drug-likeness (QED) is 0.776. The molecule has 15 heavy (non-hydrogen) atoms. The number of aryl methyl sites for hydroxylation is 1. The molecule has 0 radical (unpaired) electrons. The Kier molecular flexibility index (Phi) is 4.34. The van der Waals surface area contributed by atoms with Crippen LogP contribution in [0.5, 0.6) is 0 Å². The summed E-state index contributed by atoms with van der Waals surface area (Å²) in [6.07, 6.45) is 6.73. The van der Waals surface area contributed by atoms with Gasteiger partial charge >= 0.3 is 0 Å². The minimum Gasteiger partial charge on any atom is -0.366 e. The Morgan fingerprint density at radius 1 is 1.53 bits per heavy atom. The fourth-order valence-corrected chi connectivity index (χ4v) is 1.62. The van der Waals surface area contributed by atoms with Gasteiger partial charge in [-0.15, -0.1) is 0 Å². The lowest BCUT2D eigenvalue weighted by molar-refractivity contribution is 0.1000. The van der Waals surface area contributed by atoms with Gasteiger partial charge in [-0.3, -0.25) is 9.48 Å². The van der Waals surface area contributed by atoms with Gasteiger partial charge in [-0.05, 0) is 12.3 Å². The van der Waals surface area contributed by atoms with Crippen molar-refractivity contribution in [1.82, 2.24) is 9.78 Å². The van der Waals surface area contributed by atoms with Crippen molar-refractivity contribution in [1.29, 1.82) is 0 Å². The molecule has 1 amide bonds. The van der Waals surface area contributed by atoms with Gasteiger partial charge in [0.25, 0.3) is 5.91 Å². The molecule has 0 aromatic carbocycles. The lowest BCUT2D eigenvalue weighted by Gasteiger charge is -2.11. The van der Waals surface area contributed by atoms with Crippen molar-refractivity contribution in [2.24, 2.45) is 11.7 Å². The zero-order chi connectivity index (χ0) is 11.3. The van der Waals surface area contributed by atoms with Crippen LogP contribution in [0, 0.1) is 5.92 Å². The van der Waals surface area contributed by atoms with E-state index in [9.17, 15) is 4.79 Å². The highest BCUT2D eigenvalue weighted by Crippen LogP contribution is 2.13. The van der Waals surface area contributed by atoms with Crippen molar-refractivity contribution in [3.8, 4) is 0 Å². The van der Waals surface area contributed by atoms with Gasteiger partial charge in [-0.2, -0.15) is 5.10 Å². The van der Waals surface area contributed by atoms with Crippen molar-refractivity contribution >= 4 is 5.91 Å². The van der Waals surface area contributed by atoms with Gasteiger partial charge in [-0.1, -0.05) is 26.7 Å². The SMILES string of the molecule is CCC(CC)CCn1cc(C(N)=O)cn1. The summed E-state index contributed by atoms with van der Waals surface area (Å²) < 4.78 is 1.79. The molecule has 0 spiro atoms. The third-order valence-corrected chi connectivity index (χ3v) is 2.84. The molecule has 0 unspecified atom stereocenters. The molecule has 1 rings (SSSR count). The van der Waals surface area contributed by atoms with E-state index in [-0.39, 0.29) is 0 Å². The molecule has 0 aliphatic carbocycles. The van der Waals surface area contributed by atoms with Crippen LogP contribution in [0.2, 0.25) is 0 Å². The monoisotopic (exact) mass is 209 g/mol. The van der Waals surface area contributed by atoms with Gasteiger partial charge < -0.3 is 5.73 Å². The van der Waals surface area contributed by atoms with Gasteiger partial charge in [-0.25, -0.2) is 0 Å². The number of nitrogens with two attached hydrogens (primary N) is 1. The highest BCUT2D eigenvalue weighted by atomic mass is 16.1. The van der Waals surface area contributed by atoms with Crippen LogP contribution in [0.3, 0.4) is 0 Å². The van der Waals surface area contributed by atoms with Crippen LogP contribution >= 0.6 is 0 Å². The summed E-state index contributed by atoms with van der Waals surface area (Å²) in [5.74, 6) is 0.329. The summed E-state index contributed by atoms with van der Waals surface area (Å²) in [4.78, 5) is 10.8. The second-order valence-electron chi connectivity index (χ2n) is 3.83. The molecule has 1 aromatic heterocycles. The van der Waals surface area contributed by atoms with E-state index in [0.29, 0.717) is 5.56 Å². The first-order valence-electron chi connectivity index (χ1n) is 5.49. The van der Waals surface area contributed by atoms with Gasteiger partial charge in [0.2, 0.25) is 0 Å². The van der Waals surface area contributed by atoms with Gasteiger partial charge in [0.1, 0.15) is 0 Å². The lowest BCUT2D eigenvalue weighted by atomic mass is 10.00. The smallest absolute Gasteiger partial charge is 0.251 e. The van der Waals surface area contributed by atoms with Crippen molar-refractivity contribution in [2.75, 3.05) is 0 Å². The highest BCUT2D eigenvalue weighted by molar-refractivity contribution is 5.92. The van der Waals surface area contributed by atoms with E-state index in [0.717, 1.165) is 18.9 Å². The molecule has 4 heteroatoms. The van der Waals surface area contributed by atoms with E-state index in [1.165, 1.54) is 19.0 Å². The third-order valence-electron chi connectivity index (χ3n) is 2.84. The number of nitrogens with zero attached hydrogens (tertiary/aromatic N) is 2. The topological polar surface area (TPSA) is 60.9 Å². The zero-order valence-corrected chi connectivity index (χ0v) is 9.44. The van der Waals surface area contributed by atoms with E-state index >= 15 is 0 Å². The Hall–Kier alpha value is -1.32. The van der Waals surface area contributed by atoms with Crippen LogP contribution < -0.4 is 5.73 Å². The van der Waals surface area contributed by atoms with E-state index < -0.39 is 5.91 Å². The standard InChI is InChI=1S/C11H19N3O/c1-3-9(4-2)5-6-14-8-10(7-13-14)11(12)15/h7-9H,3-6H2,1-2H3,(H2,12,15). The van der Waals surface area contributed by atoms with Crippen molar-refractivity contribution < 1.29 is 4.79 Å². The van der Waals surface area contributed by atoms with Crippen molar-refractivity contribution in [3.63, 3.8) is 0 Å². The van der Waals surface area contributed by atoms with E-state index in [2.05, 4.69) is 18.9 Å². The average molecular weight is 209 g/mol. The van der Waals surface area contributed by atoms with E-state index in [1.54, 1.807) is 10.9 Å². The van der Waals surface area contributed by atoms with Gasteiger partial charge in [0, 0.05) is 12.7 Å². The number of carbonyl (C=O) groups excluding carboxylic acids is 1. The maximum atomic E-state index is 10.8. The zero-order valence-electron chi connectivity index (χ0n) is 9.44. The molecule has 0 bridgehead atoms. The fraction of sp³-hybridized carbons (Fsp3) is 0.636. The maximum Gasteiger partial charge on any atom is 0.251 e. The molecular weight excluding hydrogens is 190 g/mol. The Bertz CT molecular complexity index is 315. The second-order valence-corrected chi connectivity index (χ2v) is 3.83. The molecule has 0 aliphatic heterocycles. The normalized spacial score (nSPS) is 10.9. The summed E-state index contributed by atoms with van der Waals surface area (Å²) in [6, 6.07) is 0. The molecule has 4 nitrogen and oxygen atoms in total. The van der Waals surface area contributed by atoms with Crippen LogP contribution in [0.15, 0.2) is 12.4 Å². The number of rotatable bonds is 6. The molecule has 0 atom stereocenters. The van der Waals surface area contributed by atoms with Crippen molar-refractivity contribution in [3.05, 3.63) is 18.0 Å². The maximum absolute atomic E-state index is 10.8. The van der Waals surface area contributed by atoms with Crippen molar-refractivity contribution in [2.45, 2.75) is 39.7 Å². The Labute approximate surface area is 90.5 Å². The first-order valence-corrected chi connectivity index (χ1v) is 5.49. The second kappa shape index (κ2) is 5.53. The first-order chi connectivity index (χ1) is 7.17.